The Morgan fingerprint density at radius 3 is 2.68 bits per heavy atom. The van der Waals surface area contributed by atoms with Gasteiger partial charge in [0.2, 0.25) is 0 Å². The average Bonchev–Trinajstić information content (AvgIpc) is 2.71. The zero-order valence-corrected chi connectivity index (χ0v) is 14.3. The van der Waals surface area contributed by atoms with Crippen LogP contribution in [0.1, 0.15) is 59.8 Å². The summed E-state index contributed by atoms with van der Waals surface area (Å²) in [6, 6.07) is 0. The molecule has 3 saturated heterocycles. The Labute approximate surface area is 133 Å². The van der Waals surface area contributed by atoms with E-state index >= 15 is 0 Å². The summed E-state index contributed by atoms with van der Waals surface area (Å²) in [7, 11) is 0. The summed E-state index contributed by atoms with van der Waals surface area (Å²) in [6.45, 7) is 9.58. The van der Waals surface area contributed by atoms with Gasteiger partial charge in [0.05, 0.1) is 6.10 Å². The molecule has 5 rings (SSSR count). The van der Waals surface area contributed by atoms with Gasteiger partial charge >= 0.3 is 0 Å². The lowest BCUT2D eigenvalue weighted by Gasteiger charge is -2.61. The fourth-order valence-corrected chi connectivity index (χ4v) is 5.78. The van der Waals surface area contributed by atoms with E-state index in [1.165, 1.54) is 19.3 Å². The van der Waals surface area contributed by atoms with Crippen molar-refractivity contribution in [3.8, 4) is 0 Å². The molecule has 1 spiro atoms. The second-order valence-electron chi connectivity index (χ2n) is 8.29. The highest BCUT2D eigenvalue weighted by molar-refractivity contribution is 5.13. The molecule has 4 heteroatoms. The van der Waals surface area contributed by atoms with Crippen molar-refractivity contribution in [2.75, 3.05) is 6.61 Å². The van der Waals surface area contributed by atoms with Crippen LogP contribution in [0.5, 0.6) is 0 Å². The molecule has 0 aromatic heterocycles. The molecule has 5 aliphatic rings. The highest BCUT2D eigenvalue weighted by Crippen LogP contribution is 2.61. The van der Waals surface area contributed by atoms with Crippen molar-refractivity contribution in [2.45, 2.75) is 83.4 Å². The smallest absolute Gasteiger partial charge is 0.160 e. The monoisotopic (exact) mass is 310 g/mol. The fourth-order valence-electron chi connectivity index (χ4n) is 5.78. The van der Waals surface area contributed by atoms with Gasteiger partial charge in [-0.25, -0.2) is 9.78 Å². The van der Waals surface area contributed by atoms with Crippen molar-refractivity contribution in [1.82, 2.24) is 0 Å². The Morgan fingerprint density at radius 2 is 1.91 bits per heavy atom. The van der Waals surface area contributed by atoms with Crippen LogP contribution in [0.4, 0.5) is 0 Å². The molecule has 4 nitrogen and oxygen atoms in total. The number of hydrogen-bond donors (Lipinski definition) is 0. The molecule has 8 atom stereocenters. The molecule has 3 heterocycles. The molecular weight excluding hydrogens is 280 g/mol. The van der Waals surface area contributed by atoms with Gasteiger partial charge in [-0.1, -0.05) is 13.8 Å². The molecule has 2 saturated carbocycles. The lowest BCUT2D eigenvalue weighted by molar-refractivity contribution is -0.495. The zero-order chi connectivity index (χ0) is 15.5. The maximum absolute atomic E-state index is 6.47. The molecule has 2 bridgehead atoms. The van der Waals surface area contributed by atoms with Crippen LogP contribution in [-0.2, 0) is 19.2 Å². The molecule has 0 amide bonds. The minimum absolute atomic E-state index is 0.0915. The van der Waals surface area contributed by atoms with Crippen LogP contribution in [0.2, 0.25) is 0 Å². The van der Waals surface area contributed by atoms with E-state index in [0.29, 0.717) is 30.3 Å². The fraction of sp³-hybridized carbons (Fsp3) is 1.00. The molecule has 0 N–H and O–H groups in total. The first-order valence-electron chi connectivity index (χ1n) is 9.14. The highest BCUT2D eigenvalue weighted by Gasteiger charge is 2.68. The maximum atomic E-state index is 6.47. The van der Waals surface area contributed by atoms with Crippen molar-refractivity contribution in [2.24, 2.45) is 23.7 Å². The standard InChI is InChI=1S/C18H30O4/c1-5-19-16-12(3)14-7-6-11(2)13-8-9-17(4)10-15(20-16)18(13,14)22-21-17/h11-16H,5-10H2,1-4H3/t11-,12-,13+,14+,15-,16+,17+,18-/m1/s1. The Bertz CT molecular complexity index is 441. The number of rotatable bonds is 2. The van der Waals surface area contributed by atoms with Gasteiger partial charge in [-0.2, -0.15) is 0 Å². The first-order valence-corrected chi connectivity index (χ1v) is 9.14. The van der Waals surface area contributed by atoms with Gasteiger partial charge in [0.1, 0.15) is 11.2 Å². The van der Waals surface area contributed by atoms with Gasteiger partial charge in [-0.05, 0) is 51.4 Å². The minimum atomic E-state index is -0.249. The second-order valence-corrected chi connectivity index (χ2v) is 8.29. The summed E-state index contributed by atoms with van der Waals surface area (Å²) in [4.78, 5) is 12.2. The summed E-state index contributed by atoms with van der Waals surface area (Å²) in [5.41, 5.74) is -0.449. The van der Waals surface area contributed by atoms with Crippen molar-refractivity contribution in [3.05, 3.63) is 0 Å². The van der Waals surface area contributed by atoms with E-state index in [2.05, 4.69) is 20.8 Å². The third-order valence-corrected chi connectivity index (χ3v) is 6.96. The highest BCUT2D eigenvalue weighted by atomic mass is 17.2. The van der Waals surface area contributed by atoms with E-state index in [9.17, 15) is 0 Å². The van der Waals surface area contributed by atoms with Crippen molar-refractivity contribution < 1.29 is 19.2 Å². The van der Waals surface area contributed by atoms with Gasteiger partial charge in [0, 0.05) is 24.9 Å². The van der Waals surface area contributed by atoms with E-state index in [1.807, 2.05) is 6.92 Å². The number of fused-ring (bicyclic) bond motifs is 2. The Morgan fingerprint density at radius 1 is 1.09 bits per heavy atom. The normalized spacial score (nSPS) is 57.3. The topological polar surface area (TPSA) is 36.9 Å². The van der Waals surface area contributed by atoms with Crippen LogP contribution in [0.15, 0.2) is 0 Å². The third kappa shape index (κ3) is 1.97. The molecule has 0 radical (unpaired) electrons. The number of ether oxygens (including phenoxy) is 2. The van der Waals surface area contributed by atoms with Crippen molar-refractivity contribution in [3.63, 3.8) is 0 Å². The van der Waals surface area contributed by atoms with Crippen LogP contribution in [-0.4, -0.2) is 30.2 Å². The first kappa shape index (κ1) is 15.4. The number of hydrogen-bond acceptors (Lipinski definition) is 4. The Hall–Kier alpha value is -0.160. The third-order valence-electron chi connectivity index (χ3n) is 6.96. The molecule has 0 aromatic carbocycles. The Kier molecular flexibility index (Phi) is 3.61. The zero-order valence-electron chi connectivity index (χ0n) is 14.3. The molecule has 3 aliphatic heterocycles. The quantitative estimate of drug-likeness (QED) is 0.729. The van der Waals surface area contributed by atoms with Gasteiger partial charge < -0.3 is 9.47 Å². The van der Waals surface area contributed by atoms with Crippen LogP contribution in [0.25, 0.3) is 0 Å². The van der Waals surface area contributed by atoms with Crippen LogP contribution < -0.4 is 0 Å². The van der Waals surface area contributed by atoms with E-state index in [0.717, 1.165) is 12.8 Å². The first-order chi connectivity index (χ1) is 10.5. The van der Waals surface area contributed by atoms with E-state index < -0.39 is 0 Å². The van der Waals surface area contributed by atoms with Gasteiger partial charge in [-0.3, -0.25) is 0 Å². The largest absolute Gasteiger partial charge is 0.353 e. The van der Waals surface area contributed by atoms with Crippen LogP contribution in [0.3, 0.4) is 0 Å². The molecule has 0 unspecified atom stereocenters. The predicted molar refractivity (Wildman–Crippen MR) is 82.0 cm³/mol. The molecular formula is C18H30O4. The summed E-state index contributed by atoms with van der Waals surface area (Å²) < 4.78 is 12.4. The predicted octanol–water partition coefficient (Wildman–Crippen LogP) is 3.69. The minimum Gasteiger partial charge on any atom is -0.353 e. The van der Waals surface area contributed by atoms with Gasteiger partial charge in [0.15, 0.2) is 6.29 Å². The van der Waals surface area contributed by atoms with Crippen molar-refractivity contribution >= 4 is 0 Å². The summed E-state index contributed by atoms with van der Waals surface area (Å²) in [6.07, 6.45) is 5.70. The lowest BCUT2D eigenvalue weighted by atomic mass is 9.56. The molecule has 22 heavy (non-hydrogen) atoms. The summed E-state index contributed by atoms with van der Waals surface area (Å²) in [5.74, 6) is 2.07. The van der Waals surface area contributed by atoms with E-state index in [4.69, 9.17) is 19.2 Å². The summed E-state index contributed by atoms with van der Waals surface area (Å²) in [5, 5.41) is 0. The maximum Gasteiger partial charge on any atom is 0.160 e. The molecule has 0 aromatic rings. The van der Waals surface area contributed by atoms with Gasteiger partial charge in [-0.15, -0.1) is 0 Å². The molecule has 126 valence electrons. The van der Waals surface area contributed by atoms with Crippen LogP contribution in [0, 0.1) is 23.7 Å². The van der Waals surface area contributed by atoms with Gasteiger partial charge in [0.25, 0.3) is 0 Å². The Balaban J connectivity index is 1.75. The second kappa shape index (κ2) is 5.17. The molecule has 5 fully saturated rings. The van der Waals surface area contributed by atoms with Crippen molar-refractivity contribution in [1.29, 1.82) is 0 Å². The van der Waals surface area contributed by atoms with Crippen LogP contribution >= 0.6 is 0 Å². The lowest BCUT2D eigenvalue weighted by Crippen LogP contribution is -2.69. The SMILES string of the molecule is CCO[C@H]1O[C@@H]2C[C@]3(C)CC[C@H]4[C@H](C)CC[C@@H]([C@H]1C)[C@@]24OO3. The average molecular weight is 310 g/mol. The summed E-state index contributed by atoms with van der Waals surface area (Å²) >= 11 is 0. The van der Waals surface area contributed by atoms with E-state index in [1.54, 1.807) is 0 Å². The molecule has 2 aliphatic carbocycles. The van der Waals surface area contributed by atoms with E-state index in [-0.39, 0.29) is 23.6 Å².